The van der Waals surface area contributed by atoms with Crippen LogP contribution in [0.25, 0.3) is 44.5 Å². The molecule has 0 fully saturated rings. The number of carbonyl (C=O) groups is 1. The predicted molar refractivity (Wildman–Crippen MR) is 267 cm³/mol. The first-order valence-corrected chi connectivity index (χ1v) is 22.0. The summed E-state index contributed by atoms with van der Waals surface area (Å²) in [6.07, 6.45) is 0.795. The molecule has 316 valence electrons. The molecule has 0 spiro atoms. The van der Waals surface area contributed by atoms with Crippen molar-refractivity contribution in [1.29, 1.82) is 0 Å². The standard InChI is InChI=1S/C62H44O4/c63-62(54-37-50(46-20-13-19-45(34-46)33-44-17-5-1-6-18-44)35-51(38-54)47-21-14-30-59(41-47)64-56-24-7-2-8-25-56)55-39-52(48-22-15-31-60(42-48)65-57-26-9-3-10-27-57)36-53(40-55)49-23-16-32-61(43-49)66-58-28-11-4-12-29-58/h1-32,34-43H,33H2. The fraction of sp³-hybridized carbons (Fsp3) is 0.0161. The van der Waals surface area contributed by atoms with Gasteiger partial charge in [-0.3, -0.25) is 4.79 Å². The van der Waals surface area contributed by atoms with Crippen molar-refractivity contribution in [2.45, 2.75) is 6.42 Å². The van der Waals surface area contributed by atoms with Crippen LogP contribution in [0.3, 0.4) is 0 Å². The van der Waals surface area contributed by atoms with Crippen LogP contribution < -0.4 is 14.2 Å². The zero-order valence-corrected chi connectivity index (χ0v) is 36.1. The molecule has 0 heterocycles. The van der Waals surface area contributed by atoms with Gasteiger partial charge in [0.15, 0.2) is 5.78 Å². The lowest BCUT2D eigenvalue weighted by Crippen LogP contribution is -2.03. The maximum Gasteiger partial charge on any atom is 0.193 e. The first-order chi connectivity index (χ1) is 32.5. The summed E-state index contributed by atoms with van der Waals surface area (Å²) in [7, 11) is 0. The normalized spacial score (nSPS) is 10.8. The highest BCUT2D eigenvalue weighted by Crippen LogP contribution is 2.37. The Bertz CT molecular complexity index is 2830. The average molecular weight is 853 g/mol. The van der Waals surface area contributed by atoms with E-state index in [2.05, 4.69) is 66.7 Å². The van der Waals surface area contributed by atoms with Crippen LogP contribution in [0.1, 0.15) is 27.0 Å². The Morgan fingerprint density at radius 1 is 0.258 bits per heavy atom. The highest BCUT2D eigenvalue weighted by atomic mass is 16.5. The largest absolute Gasteiger partial charge is 0.457 e. The molecule has 10 aromatic rings. The fourth-order valence-electron chi connectivity index (χ4n) is 8.13. The van der Waals surface area contributed by atoms with Gasteiger partial charge < -0.3 is 14.2 Å². The van der Waals surface area contributed by atoms with Crippen molar-refractivity contribution in [2.75, 3.05) is 0 Å². The lowest BCUT2D eigenvalue weighted by molar-refractivity contribution is 0.103. The van der Waals surface area contributed by atoms with E-state index in [0.717, 1.165) is 68.2 Å². The van der Waals surface area contributed by atoms with Crippen molar-refractivity contribution < 1.29 is 19.0 Å². The smallest absolute Gasteiger partial charge is 0.193 e. The van der Waals surface area contributed by atoms with Crippen LogP contribution in [0.15, 0.2) is 255 Å². The van der Waals surface area contributed by atoms with Crippen LogP contribution in [0, 0.1) is 0 Å². The van der Waals surface area contributed by atoms with E-state index in [1.807, 2.05) is 188 Å². The van der Waals surface area contributed by atoms with Crippen LogP contribution in [-0.4, -0.2) is 5.78 Å². The van der Waals surface area contributed by atoms with E-state index in [1.165, 1.54) is 11.1 Å². The van der Waals surface area contributed by atoms with E-state index in [0.29, 0.717) is 28.4 Å². The molecule has 0 amide bonds. The van der Waals surface area contributed by atoms with Crippen molar-refractivity contribution in [1.82, 2.24) is 0 Å². The van der Waals surface area contributed by atoms with Gasteiger partial charge in [0.1, 0.15) is 34.5 Å². The number of carbonyl (C=O) groups excluding carboxylic acids is 1. The molecule has 4 nitrogen and oxygen atoms in total. The van der Waals surface area contributed by atoms with Crippen molar-refractivity contribution in [3.63, 3.8) is 0 Å². The summed E-state index contributed by atoms with van der Waals surface area (Å²) in [6.45, 7) is 0. The highest BCUT2D eigenvalue weighted by molar-refractivity contribution is 6.11. The first kappa shape index (κ1) is 41.3. The van der Waals surface area contributed by atoms with Crippen LogP contribution in [0.2, 0.25) is 0 Å². The predicted octanol–water partition coefficient (Wildman–Crippen LogP) is 16.6. The molecule has 0 atom stereocenters. The SMILES string of the molecule is O=C(c1cc(-c2cccc(Cc3ccccc3)c2)cc(-c2cccc(Oc3ccccc3)c2)c1)c1cc(-c2cccc(Oc3ccccc3)c2)cc(-c2cccc(Oc3ccccc3)c2)c1. The second-order valence-corrected chi connectivity index (χ2v) is 16.1. The van der Waals surface area contributed by atoms with Crippen LogP contribution in [-0.2, 0) is 6.42 Å². The number of benzene rings is 10. The zero-order valence-electron chi connectivity index (χ0n) is 36.1. The molecule has 10 aromatic carbocycles. The number of rotatable bonds is 14. The minimum absolute atomic E-state index is 0.105. The summed E-state index contributed by atoms with van der Waals surface area (Å²) in [5.74, 6) is 4.23. The monoisotopic (exact) mass is 852 g/mol. The average Bonchev–Trinajstić information content (AvgIpc) is 3.37. The summed E-state index contributed by atoms with van der Waals surface area (Å²) in [6, 6.07) is 84.6. The third-order valence-corrected chi connectivity index (χ3v) is 11.3. The molecule has 0 bridgehead atoms. The molecule has 0 aliphatic rings. The molecule has 0 N–H and O–H groups in total. The Labute approximate surface area is 385 Å². The molecular formula is C62H44O4. The number of ether oxygens (including phenoxy) is 3. The van der Waals surface area contributed by atoms with Crippen molar-refractivity contribution in [2.24, 2.45) is 0 Å². The minimum Gasteiger partial charge on any atom is -0.457 e. The molecule has 0 aromatic heterocycles. The van der Waals surface area contributed by atoms with Gasteiger partial charge in [-0.15, -0.1) is 0 Å². The Hall–Kier alpha value is -8.73. The molecule has 66 heavy (non-hydrogen) atoms. The fourth-order valence-corrected chi connectivity index (χ4v) is 8.13. The van der Waals surface area contributed by atoms with Gasteiger partial charge in [-0.05, 0) is 171 Å². The van der Waals surface area contributed by atoms with Gasteiger partial charge in [0.2, 0.25) is 0 Å². The number of para-hydroxylation sites is 3. The van der Waals surface area contributed by atoms with Crippen LogP contribution >= 0.6 is 0 Å². The maximum atomic E-state index is 15.3. The number of hydrogen-bond acceptors (Lipinski definition) is 4. The van der Waals surface area contributed by atoms with Crippen LogP contribution in [0.5, 0.6) is 34.5 Å². The number of hydrogen-bond donors (Lipinski definition) is 0. The summed E-state index contributed by atoms with van der Waals surface area (Å²) in [5.41, 5.74) is 10.9. The van der Waals surface area contributed by atoms with E-state index in [4.69, 9.17) is 14.2 Å². The maximum absolute atomic E-state index is 15.3. The Balaban J connectivity index is 1.08. The third-order valence-electron chi connectivity index (χ3n) is 11.3. The van der Waals surface area contributed by atoms with Gasteiger partial charge in [0.25, 0.3) is 0 Å². The van der Waals surface area contributed by atoms with E-state index >= 15 is 4.79 Å². The van der Waals surface area contributed by atoms with Gasteiger partial charge >= 0.3 is 0 Å². The Morgan fingerprint density at radius 2 is 0.561 bits per heavy atom. The molecule has 0 saturated heterocycles. The van der Waals surface area contributed by atoms with Crippen LogP contribution in [0.4, 0.5) is 0 Å². The second-order valence-electron chi connectivity index (χ2n) is 16.1. The number of ketones is 1. The summed E-state index contributed by atoms with van der Waals surface area (Å²) in [4.78, 5) is 15.3. The van der Waals surface area contributed by atoms with Gasteiger partial charge in [0, 0.05) is 11.1 Å². The van der Waals surface area contributed by atoms with E-state index in [1.54, 1.807) is 0 Å². The highest BCUT2D eigenvalue weighted by Gasteiger charge is 2.18. The lowest BCUT2D eigenvalue weighted by Gasteiger charge is -2.15. The van der Waals surface area contributed by atoms with E-state index in [-0.39, 0.29) is 5.78 Å². The third kappa shape index (κ3) is 10.0. The second kappa shape index (κ2) is 19.3. The molecule has 0 unspecified atom stereocenters. The van der Waals surface area contributed by atoms with Gasteiger partial charge in [-0.1, -0.05) is 146 Å². The lowest BCUT2D eigenvalue weighted by atomic mass is 9.89. The molecule has 0 aliphatic heterocycles. The molecule has 0 saturated carbocycles. The Kier molecular flexibility index (Phi) is 12.1. The summed E-state index contributed by atoms with van der Waals surface area (Å²) < 4.78 is 18.8. The first-order valence-electron chi connectivity index (χ1n) is 22.0. The molecule has 4 heteroatoms. The topological polar surface area (TPSA) is 44.8 Å². The summed E-state index contributed by atoms with van der Waals surface area (Å²) >= 11 is 0. The molecule has 0 aliphatic carbocycles. The van der Waals surface area contributed by atoms with Crippen molar-refractivity contribution in [3.05, 3.63) is 277 Å². The van der Waals surface area contributed by atoms with Crippen molar-refractivity contribution in [3.8, 4) is 79.0 Å². The van der Waals surface area contributed by atoms with E-state index < -0.39 is 0 Å². The van der Waals surface area contributed by atoms with Gasteiger partial charge in [-0.25, -0.2) is 0 Å². The quantitative estimate of drug-likeness (QED) is 0.102. The summed E-state index contributed by atoms with van der Waals surface area (Å²) in [5, 5.41) is 0. The zero-order chi connectivity index (χ0) is 44.5. The van der Waals surface area contributed by atoms with E-state index in [9.17, 15) is 0 Å². The van der Waals surface area contributed by atoms with Crippen molar-refractivity contribution >= 4 is 5.78 Å². The molecule has 10 rings (SSSR count). The Morgan fingerprint density at radius 3 is 0.939 bits per heavy atom. The van der Waals surface area contributed by atoms with Gasteiger partial charge in [0.05, 0.1) is 0 Å². The minimum atomic E-state index is -0.105. The van der Waals surface area contributed by atoms with Gasteiger partial charge in [-0.2, -0.15) is 0 Å². The molecule has 0 radical (unpaired) electrons. The molecular weight excluding hydrogens is 809 g/mol.